The van der Waals surface area contributed by atoms with Crippen molar-refractivity contribution >= 4 is 11.9 Å². The molecule has 0 saturated heterocycles. The number of nitrogen functional groups attached to an aromatic ring is 1. The molecule has 0 radical (unpaired) electrons. The third-order valence-corrected chi connectivity index (χ3v) is 3.76. The molecule has 1 aliphatic rings. The molecule has 1 saturated carbocycles. The molecular formula is C14H26N6O. The van der Waals surface area contributed by atoms with Crippen LogP contribution in [0.25, 0.3) is 0 Å². The first-order chi connectivity index (χ1) is 10.2. The summed E-state index contributed by atoms with van der Waals surface area (Å²) in [4.78, 5) is 14.7. The monoisotopic (exact) mass is 294 g/mol. The molecule has 3 N–H and O–H groups in total. The number of nitrogens with two attached hydrogens (primary N) is 1. The lowest BCUT2D eigenvalue weighted by molar-refractivity contribution is 0.254. The van der Waals surface area contributed by atoms with E-state index in [1.807, 2.05) is 6.92 Å². The number of aromatic nitrogens is 3. The highest BCUT2D eigenvalue weighted by Crippen LogP contribution is 2.21. The van der Waals surface area contributed by atoms with Gasteiger partial charge in [0.25, 0.3) is 0 Å². The van der Waals surface area contributed by atoms with Crippen molar-refractivity contribution in [2.75, 3.05) is 37.8 Å². The van der Waals surface area contributed by atoms with Crippen LogP contribution in [0.15, 0.2) is 0 Å². The summed E-state index contributed by atoms with van der Waals surface area (Å²) in [5, 5.41) is 3.19. The predicted octanol–water partition coefficient (Wildman–Crippen LogP) is 1.53. The first-order valence-corrected chi connectivity index (χ1v) is 7.77. The third kappa shape index (κ3) is 5.00. The topological polar surface area (TPSA) is 89.2 Å². The van der Waals surface area contributed by atoms with Gasteiger partial charge < -0.3 is 20.7 Å². The maximum atomic E-state index is 5.67. The van der Waals surface area contributed by atoms with E-state index in [1.54, 1.807) is 0 Å². The Kier molecular flexibility index (Phi) is 5.98. The predicted molar refractivity (Wildman–Crippen MR) is 83.4 cm³/mol. The average Bonchev–Trinajstić information content (AvgIpc) is 2.99. The van der Waals surface area contributed by atoms with Crippen LogP contribution in [0.1, 0.15) is 39.0 Å². The van der Waals surface area contributed by atoms with E-state index in [4.69, 9.17) is 10.5 Å². The number of nitrogens with one attached hydrogen (secondary N) is 1. The highest BCUT2D eigenvalue weighted by Gasteiger charge is 2.18. The first kappa shape index (κ1) is 15.8. The smallest absolute Gasteiger partial charge is 0.323 e. The Balaban J connectivity index is 1.80. The summed E-state index contributed by atoms with van der Waals surface area (Å²) in [6, 6.07) is 1.01. The van der Waals surface area contributed by atoms with Gasteiger partial charge in [0, 0.05) is 19.1 Å². The molecule has 1 fully saturated rings. The number of rotatable bonds is 8. The quantitative estimate of drug-likeness (QED) is 0.751. The molecule has 7 nitrogen and oxygen atoms in total. The van der Waals surface area contributed by atoms with Crippen molar-refractivity contribution in [1.29, 1.82) is 0 Å². The van der Waals surface area contributed by atoms with Gasteiger partial charge in [0.05, 0.1) is 6.61 Å². The van der Waals surface area contributed by atoms with Gasteiger partial charge in [-0.15, -0.1) is 0 Å². The standard InChI is InChI=1S/C14H26N6O/c1-3-10-21-14-18-12(15)17-13(19-14)16-8-9-20(2)11-6-4-5-7-11/h11H,3-10H2,1-2H3,(H3,15,16,17,18,19). The fourth-order valence-electron chi connectivity index (χ4n) is 2.58. The molecule has 118 valence electrons. The lowest BCUT2D eigenvalue weighted by Gasteiger charge is -2.23. The first-order valence-electron chi connectivity index (χ1n) is 7.77. The third-order valence-electron chi connectivity index (χ3n) is 3.76. The zero-order valence-electron chi connectivity index (χ0n) is 13.0. The van der Waals surface area contributed by atoms with Gasteiger partial charge in [0.1, 0.15) is 0 Å². The summed E-state index contributed by atoms with van der Waals surface area (Å²) in [5.74, 6) is 0.663. The van der Waals surface area contributed by atoms with Gasteiger partial charge >= 0.3 is 6.01 Å². The van der Waals surface area contributed by atoms with Gasteiger partial charge in [-0.25, -0.2) is 0 Å². The van der Waals surface area contributed by atoms with Crippen molar-refractivity contribution in [2.24, 2.45) is 0 Å². The number of likely N-dealkylation sites (N-methyl/N-ethyl adjacent to an activating group) is 1. The van der Waals surface area contributed by atoms with Crippen LogP contribution < -0.4 is 15.8 Å². The van der Waals surface area contributed by atoms with Crippen LogP contribution in [0.5, 0.6) is 6.01 Å². The van der Waals surface area contributed by atoms with Crippen molar-refractivity contribution in [3.63, 3.8) is 0 Å². The fourth-order valence-corrected chi connectivity index (χ4v) is 2.58. The van der Waals surface area contributed by atoms with E-state index in [1.165, 1.54) is 25.7 Å². The second-order valence-electron chi connectivity index (χ2n) is 5.49. The van der Waals surface area contributed by atoms with Crippen LogP contribution in [-0.2, 0) is 0 Å². The zero-order valence-corrected chi connectivity index (χ0v) is 13.0. The Morgan fingerprint density at radius 3 is 2.76 bits per heavy atom. The Morgan fingerprint density at radius 2 is 2.05 bits per heavy atom. The van der Waals surface area contributed by atoms with Gasteiger partial charge in [-0.3, -0.25) is 0 Å². The van der Waals surface area contributed by atoms with Gasteiger partial charge in [-0.05, 0) is 26.3 Å². The highest BCUT2D eigenvalue weighted by molar-refractivity contribution is 5.32. The van der Waals surface area contributed by atoms with E-state index < -0.39 is 0 Å². The molecule has 7 heteroatoms. The van der Waals surface area contributed by atoms with Gasteiger partial charge in [0.2, 0.25) is 11.9 Å². The van der Waals surface area contributed by atoms with Gasteiger partial charge in [-0.1, -0.05) is 19.8 Å². The van der Waals surface area contributed by atoms with Crippen molar-refractivity contribution in [3.05, 3.63) is 0 Å². The number of hydrogen-bond acceptors (Lipinski definition) is 7. The zero-order chi connectivity index (χ0) is 15.1. The van der Waals surface area contributed by atoms with Crippen LogP contribution in [0.3, 0.4) is 0 Å². The molecular weight excluding hydrogens is 268 g/mol. The molecule has 0 aromatic carbocycles. The maximum Gasteiger partial charge on any atom is 0.323 e. The van der Waals surface area contributed by atoms with Gasteiger partial charge in [0.15, 0.2) is 0 Å². The summed E-state index contributed by atoms with van der Waals surface area (Å²) >= 11 is 0. The van der Waals surface area contributed by atoms with Crippen LogP contribution in [-0.4, -0.2) is 52.6 Å². The maximum absolute atomic E-state index is 5.67. The van der Waals surface area contributed by atoms with E-state index >= 15 is 0 Å². The van der Waals surface area contributed by atoms with Crippen molar-refractivity contribution in [1.82, 2.24) is 19.9 Å². The Bertz CT molecular complexity index is 435. The van der Waals surface area contributed by atoms with Crippen molar-refractivity contribution in [3.8, 4) is 6.01 Å². The van der Waals surface area contributed by atoms with Crippen LogP contribution in [0, 0.1) is 0 Å². The molecule has 0 spiro atoms. The summed E-state index contributed by atoms with van der Waals surface area (Å²) in [5.41, 5.74) is 5.67. The Labute approximate surface area is 126 Å². The minimum atomic E-state index is 0.183. The molecule has 1 aromatic rings. The molecule has 0 aliphatic heterocycles. The van der Waals surface area contributed by atoms with Crippen molar-refractivity contribution < 1.29 is 4.74 Å². The fraction of sp³-hybridized carbons (Fsp3) is 0.786. The SMILES string of the molecule is CCCOc1nc(N)nc(NCCN(C)C2CCCC2)n1. The normalized spacial score (nSPS) is 15.6. The number of hydrogen-bond donors (Lipinski definition) is 2. The molecule has 1 heterocycles. The lowest BCUT2D eigenvalue weighted by Crippen LogP contribution is -2.33. The second kappa shape index (κ2) is 7.97. The average molecular weight is 294 g/mol. The molecule has 0 amide bonds. The molecule has 1 aromatic heterocycles. The van der Waals surface area contributed by atoms with Crippen molar-refractivity contribution in [2.45, 2.75) is 45.1 Å². The molecule has 21 heavy (non-hydrogen) atoms. The summed E-state index contributed by atoms with van der Waals surface area (Å²) in [6.45, 7) is 4.35. The minimum absolute atomic E-state index is 0.183. The minimum Gasteiger partial charge on any atom is -0.463 e. The molecule has 0 bridgehead atoms. The van der Waals surface area contributed by atoms with E-state index in [0.717, 1.165) is 25.6 Å². The molecule has 2 rings (SSSR count). The van der Waals surface area contributed by atoms with Crippen LogP contribution in [0.4, 0.5) is 11.9 Å². The Morgan fingerprint density at radius 1 is 1.29 bits per heavy atom. The molecule has 0 atom stereocenters. The summed E-state index contributed by atoms with van der Waals surface area (Å²) in [7, 11) is 2.18. The molecule has 1 aliphatic carbocycles. The van der Waals surface area contributed by atoms with E-state index in [2.05, 4.69) is 32.2 Å². The largest absolute Gasteiger partial charge is 0.463 e. The number of nitrogens with zero attached hydrogens (tertiary/aromatic N) is 4. The van der Waals surface area contributed by atoms with Gasteiger partial charge in [-0.2, -0.15) is 15.0 Å². The van der Waals surface area contributed by atoms with E-state index in [-0.39, 0.29) is 12.0 Å². The summed E-state index contributed by atoms with van der Waals surface area (Å²) in [6.07, 6.45) is 6.23. The molecule has 0 unspecified atom stereocenters. The number of anilines is 2. The lowest BCUT2D eigenvalue weighted by atomic mass is 10.2. The highest BCUT2D eigenvalue weighted by atomic mass is 16.5. The summed E-state index contributed by atoms with van der Waals surface area (Å²) < 4.78 is 5.39. The number of ether oxygens (including phenoxy) is 1. The van der Waals surface area contributed by atoms with Crippen LogP contribution in [0.2, 0.25) is 0 Å². The van der Waals surface area contributed by atoms with E-state index in [0.29, 0.717) is 12.6 Å². The Hall–Kier alpha value is -1.63. The second-order valence-corrected chi connectivity index (χ2v) is 5.49. The van der Waals surface area contributed by atoms with Crippen LogP contribution >= 0.6 is 0 Å². The van der Waals surface area contributed by atoms with E-state index in [9.17, 15) is 0 Å².